The molecule has 0 aromatic carbocycles. The fourth-order valence-electron chi connectivity index (χ4n) is 6.14. The van der Waals surface area contributed by atoms with Crippen LogP contribution in [0.15, 0.2) is 4.99 Å². The van der Waals surface area contributed by atoms with Gasteiger partial charge < -0.3 is 80.4 Å². The molecule has 0 aromatic heterocycles. The van der Waals surface area contributed by atoms with E-state index in [0.29, 0.717) is 12.8 Å². The van der Waals surface area contributed by atoms with Crippen molar-refractivity contribution in [1.82, 2.24) is 42.1 Å². The van der Waals surface area contributed by atoms with Gasteiger partial charge in [0.15, 0.2) is 5.96 Å². The van der Waals surface area contributed by atoms with Crippen molar-refractivity contribution in [2.75, 3.05) is 44.2 Å². The molecule has 0 aliphatic carbocycles. The molecule has 8 amide bonds. The highest BCUT2D eigenvalue weighted by atomic mass is 33.1. The average Bonchev–Trinajstić information content (AvgIpc) is 3.72. The number of amides is 8. The summed E-state index contributed by atoms with van der Waals surface area (Å²) >= 11 is 0. The van der Waals surface area contributed by atoms with Gasteiger partial charge in [0.2, 0.25) is 47.3 Å². The van der Waals surface area contributed by atoms with E-state index < -0.39 is 133 Å². The van der Waals surface area contributed by atoms with Crippen LogP contribution < -0.4 is 60.2 Å². The zero-order valence-corrected chi connectivity index (χ0v) is 36.3. The molecule has 0 aromatic rings. The highest BCUT2D eigenvalue weighted by Gasteiger charge is 2.38. The van der Waals surface area contributed by atoms with E-state index in [1.54, 1.807) is 0 Å². The number of carbonyl (C=O) groups is 11. The molecule has 2 aliphatic heterocycles. The lowest BCUT2D eigenvalue weighted by molar-refractivity contribution is -0.144. The fourth-order valence-corrected chi connectivity index (χ4v) is 8.42. The first-order chi connectivity index (χ1) is 30.2. The SMILES string of the molecule is NCCCCC1NC(=O)[C@H](CC(=O)O)NC(=O)CNC(=O)[C@H](CCCN=C(N)N)NC(=O)[C@@H](N)CSSC[C@@H](C(=O)O)NC(=O)C(CC(=O)O)NC(=O)[C@@H]2CCCN2C(=O)CNC1=O. The standard InChI is InChI=1S/C35H57N13O14S2/c36-8-2-1-5-18-30(57)42-14-25(50)48-10-4-7-23(48)33(60)46-21(12-27(53)54)32(59)47-22(34(61)62)16-64-63-15-17(37)28(55)44-19(6-3-9-40-35(38)39)29(56)41-13-24(49)43-20(11-26(51)52)31(58)45-18/h17-23H,1-16,36-37H2,(H,41,56)(H,42,57)(H,43,49)(H,44,55)(H,45,58)(H,46,60)(H,47,59)(H,51,52)(H,53,54)(H,61,62)(H4,38,39,40)/t17-,18?,19-,20-,21?,22-,23-/m0/s1. The molecule has 18 N–H and O–H groups in total. The lowest BCUT2D eigenvalue weighted by Crippen LogP contribution is -2.57. The van der Waals surface area contributed by atoms with E-state index in [2.05, 4.69) is 42.2 Å². The van der Waals surface area contributed by atoms with Gasteiger partial charge in [0.05, 0.1) is 32.0 Å². The first-order valence-corrected chi connectivity index (χ1v) is 22.5. The summed E-state index contributed by atoms with van der Waals surface area (Å²) in [5, 5.41) is 45.0. The molecule has 2 rings (SSSR count). The van der Waals surface area contributed by atoms with Crippen LogP contribution in [0.25, 0.3) is 0 Å². The number of aliphatic carboxylic acids is 3. The van der Waals surface area contributed by atoms with Crippen molar-refractivity contribution in [3.05, 3.63) is 0 Å². The van der Waals surface area contributed by atoms with Crippen molar-refractivity contribution < 1.29 is 68.1 Å². The minimum atomic E-state index is -1.79. The molecule has 0 bridgehead atoms. The number of hydrogen-bond donors (Lipinski definition) is 14. The number of unbranched alkanes of at least 4 members (excludes halogenated alkanes) is 1. The minimum absolute atomic E-state index is 0.0254. The van der Waals surface area contributed by atoms with Crippen molar-refractivity contribution in [3.8, 4) is 0 Å². The topological polar surface area (TPSA) is 452 Å². The summed E-state index contributed by atoms with van der Waals surface area (Å²) in [5.74, 6) is -12.9. The van der Waals surface area contributed by atoms with E-state index in [9.17, 15) is 68.1 Å². The molecule has 29 heteroatoms. The summed E-state index contributed by atoms with van der Waals surface area (Å²) in [6.45, 7) is -1.23. The van der Waals surface area contributed by atoms with Gasteiger partial charge in [0.25, 0.3) is 0 Å². The first-order valence-electron chi connectivity index (χ1n) is 20.0. The van der Waals surface area contributed by atoms with Crippen LogP contribution in [0.3, 0.4) is 0 Å². The number of nitrogens with two attached hydrogens (primary N) is 4. The quantitative estimate of drug-likeness (QED) is 0.0353. The maximum atomic E-state index is 13.4. The van der Waals surface area contributed by atoms with Crippen LogP contribution in [-0.2, 0) is 52.7 Å². The van der Waals surface area contributed by atoms with Crippen LogP contribution in [0, 0.1) is 0 Å². The number of hydrogen-bond acceptors (Lipinski definition) is 16. The van der Waals surface area contributed by atoms with Gasteiger partial charge in [-0.05, 0) is 51.5 Å². The Hall–Kier alpha value is -5.94. The zero-order valence-electron chi connectivity index (χ0n) is 34.7. The Labute approximate surface area is 374 Å². The summed E-state index contributed by atoms with van der Waals surface area (Å²) in [7, 11) is 1.80. The van der Waals surface area contributed by atoms with Gasteiger partial charge in [-0.3, -0.25) is 52.9 Å². The van der Waals surface area contributed by atoms with Gasteiger partial charge in [-0.1, -0.05) is 21.6 Å². The molecule has 2 unspecified atom stereocenters. The number of carboxylic acid groups (broad SMARTS) is 3. The maximum Gasteiger partial charge on any atom is 0.327 e. The van der Waals surface area contributed by atoms with Gasteiger partial charge in [0.1, 0.15) is 36.3 Å². The van der Waals surface area contributed by atoms with Crippen LogP contribution in [-0.4, -0.2) is 178 Å². The van der Waals surface area contributed by atoms with Crippen molar-refractivity contribution in [2.24, 2.45) is 27.9 Å². The molecule has 0 radical (unpaired) electrons. The number of fused-ring (bicyclic) bond motifs is 1. The Bertz CT molecular complexity index is 1750. The Morgan fingerprint density at radius 2 is 1.22 bits per heavy atom. The van der Waals surface area contributed by atoms with Crippen LogP contribution in [0.2, 0.25) is 0 Å². The van der Waals surface area contributed by atoms with E-state index >= 15 is 0 Å². The van der Waals surface area contributed by atoms with E-state index in [1.165, 1.54) is 0 Å². The lowest BCUT2D eigenvalue weighted by atomic mass is 10.1. The number of rotatable bonds is 13. The third kappa shape index (κ3) is 19.6. The lowest BCUT2D eigenvalue weighted by Gasteiger charge is -2.27. The number of nitrogens with one attached hydrogen (secondary N) is 7. The molecular formula is C35H57N13O14S2. The first kappa shape index (κ1) is 54.2. The summed E-state index contributed by atoms with van der Waals surface area (Å²) in [6.07, 6.45) is -0.832. The molecule has 2 heterocycles. The second-order valence-electron chi connectivity index (χ2n) is 14.5. The highest BCUT2D eigenvalue weighted by molar-refractivity contribution is 8.76. The Balaban J connectivity index is 2.46. The van der Waals surface area contributed by atoms with Gasteiger partial charge in [-0.25, -0.2) is 4.79 Å². The number of guanidine groups is 1. The molecule has 64 heavy (non-hydrogen) atoms. The van der Waals surface area contributed by atoms with E-state index in [-0.39, 0.29) is 69.2 Å². The van der Waals surface area contributed by atoms with Crippen molar-refractivity contribution in [1.29, 1.82) is 0 Å². The van der Waals surface area contributed by atoms with Crippen LogP contribution in [0.5, 0.6) is 0 Å². The Morgan fingerprint density at radius 1 is 0.672 bits per heavy atom. The summed E-state index contributed by atoms with van der Waals surface area (Å²) in [5.41, 5.74) is 22.4. The smallest absolute Gasteiger partial charge is 0.327 e. The summed E-state index contributed by atoms with van der Waals surface area (Å²) in [4.78, 5) is 147. The van der Waals surface area contributed by atoms with Crippen LogP contribution in [0.1, 0.15) is 57.8 Å². The van der Waals surface area contributed by atoms with Crippen molar-refractivity contribution >= 4 is 92.7 Å². The molecule has 2 aliphatic rings. The largest absolute Gasteiger partial charge is 0.481 e. The Morgan fingerprint density at radius 3 is 1.81 bits per heavy atom. The van der Waals surface area contributed by atoms with Gasteiger partial charge in [-0.15, -0.1) is 0 Å². The van der Waals surface area contributed by atoms with Crippen LogP contribution >= 0.6 is 21.6 Å². The van der Waals surface area contributed by atoms with Crippen LogP contribution in [0.4, 0.5) is 0 Å². The molecule has 2 fully saturated rings. The monoisotopic (exact) mass is 947 g/mol. The fraction of sp³-hybridized carbons (Fsp3) is 0.657. The predicted molar refractivity (Wildman–Crippen MR) is 228 cm³/mol. The summed E-state index contributed by atoms with van der Waals surface area (Å²) in [6, 6.07) is -10.4. The normalized spacial score (nSPS) is 25.5. The number of nitrogens with zero attached hydrogens (tertiary/aromatic N) is 2. The minimum Gasteiger partial charge on any atom is -0.481 e. The molecule has 7 atom stereocenters. The molecule has 0 spiro atoms. The second kappa shape index (κ2) is 28.0. The second-order valence-corrected chi connectivity index (χ2v) is 17.0. The van der Waals surface area contributed by atoms with Gasteiger partial charge in [-0.2, -0.15) is 0 Å². The molecule has 0 saturated carbocycles. The molecular weight excluding hydrogens is 891 g/mol. The van der Waals surface area contributed by atoms with Crippen molar-refractivity contribution in [3.63, 3.8) is 0 Å². The number of aliphatic imine (C=N–C) groups is 1. The van der Waals surface area contributed by atoms with Gasteiger partial charge >= 0.3 is 17.9 Å². The maximum absolute atomic E-state index is 13.4. The van der Waals surface area contributed by atoms with E-state index in [1.807, 2.05) is 0 Å². The Kier molecular flexibility index (Phi) is 23.7. The van der Waals surface area contributed by atoms with E-state index in [4.69, 9.17) is 22.9 Å². The molecule has 27 nitrogen and oxygen atoms in total. The third-order valence-corrected chi connectivity index (χ3v) is 11.9. The highest BCUT2D eigenvalue weighted by Crippen LogP contribution is 2.23. The number of carboxylic acids is 3. The molecule has 358 valence electrons. The third-order valence-electron chi connectivity index (χ3n) is 9.43. The predicted octanol–water partition coefficient (Wildman–Crippen LogP) is -6.43. The zero-order chi connectivity index (χ0) is 47.9. The van der Waals surface area contributed by atoms with E-state index in [0.717, 1.165) is 26.5 Å². The number of carbonyl (C=O) groups excluding carboxylic acids is 8. The molecule has 2 saturated heterocycles. The van der Waals surface area contributed by atoms with Crippen molar-refractivity contribution in [2.45, 2.75) is 100 Å². The average molecular weight is 948 g/mol. The summed E-state index contributed by atoms with van der Waals surface area (Å²) < 4.78 is 0. The van der Waals surface area contributed by atoms with Gasteiger partial charge in [0, 0.05) is 24.6 Å².